The monoisotopic (exact) mass is 211 g/mol. The van der Waals surface area contributed by atoms with Crippen LogP contribution in [0.25, 0.3) is 0 Å². The van der Waals surface area contributed by atoms with E-state index in [-0.39, 0.29) is 0 Å². The lowest BCUT2D eigenvalue weighted by atomic mass is 10.1. The quantitative estimate of drug-likeness (QED) is 0.720. The van der Waals surface area contributed by atoms with Crippen LogP contribution in [-0.4, -0.2) is 22.3 Å². The summed E-state index contributed by atoms with van der Waals surface area (Å²) in [5.74, 6) is 2.28. The van der Waals surface area contributed by atoms with Gasteiger partial charge in [0.05, 0.1) is 6.20 Å². The van der Waals surface area contributed by atoms with E-state index in [4.69, 9.17) is 4.42 Å². The fourth-order valence-electron chi connectivity index (χ4n) is 1.64. The van der Waals surface area contributed by atoms with Crippen molar-refractivity contribution in [1.82, 2.24) is 4.98 Å². The highest BCUT2D eigenvalue weighted by molar-refractivity contribution is 7.99. The van der Waals surface area contributed by atoms with E-state index in [0.717, 1.165) is 6.42 Å². The minimum atomic E-state index is 0.334. The predicted octanol–water partition coefficient (Wildman–Crippen LogP) is 2.32. The van der Waals surface area contributed by atoms with Gasteiger partial charge >= 0.3 is 0 Å². The zero-order chi connectivity index (χ0) is 9.80. The van der Waals surface area contributed by atoms with Crippen molar-refractivity contribution in [2.75, 3.05) is 5.75 Å². The number of carbonyl (C=O) groups excluding carboxylic acids is 1. The summed E-state index contributed by atoms with van der Waals surface area (Å²) in [6.45, 7) is 0. The molecule has 1 aromatic heterocycles. The molecule has 1 atom stereocenters. The third-order valence-corrected chi connectivity index (χ3v) is 3.76. The van der Waals surface area contributed by atoms with E-state index in [1.807, 2.05) is 11.8 Å². The Hall–Kier alpha value is -0.770. The molecule has 0 aliphatic carbocycles. The van der Waals surface area contributed by atoms with Crippen molar-refractivity contribution >= 4 is 18.0 Å². The molecule has 0 N–H and O–H groups in total. The van der Waals surface area contributed by atoms with Crippen LogP contribution in [-0.2, 0) is 6.42 Å². The number of hydrogen-bond acceptors (Lipinski definition) is 4. The lowest BCUT2D eigenvalue weighted by Crippen LogP contribution is -2.12. The number of nitrogens with zero attached hydrogens (tertiary/aromatic N) is 1. The largest absolute Gasteiger partial charge is 0.438 e. The Bertz CT molecular complexity index is 305. The molecular formula is C10H13NO2S. The van der Waals surface area contributed by atoms with Gasteiger partial charge < -0.3 is 4.42 Å². The number of oxazole rings is 1. The number of aromatic nitrogens is 1. The molecule has 2 heterocycles. The van der Waals surface area contributed by atoms with Gasteiger partial charge in [-0.1, -0.05) is 6.42 Å². The summed E-state index contributed by atoms with van der Waals surface area (Å²) in [6, 6.07) is 0. The van der Waals surface area contributed by atoms with E-state index in [9.17, 15) is 4.79 Å². The first-order chi connectivity index (χ1) is 6.88. The van der Waals surface area contributed by atoms with Crippen LogP contribution in [0.3, 0.4) is 0 Å². The Labute approximate surface area is 87.3 Å². The van der Waals surface area contributed by atoms with E-state index in [1.165, 1.54) is 31.2 Å². The predicted molar refractivity (Wildman–Crippen MR) is 55.7 cm³/mol. The van der Waals surface area contributed by atoms with Gasteiger partial charge in [0.1, 0.15) is 0 Å². The zero-order valence-electron chi connectivity index (χ0n) is 7.94. The van der Waals surface area contributed by atoms with Crippen molar-refractivity contribution in [3.63, 3.8) is 0 Å². The van der Waals surface area contributed by atoms with E-state index in [2.05, 4.69) is 4.98 Å². The molecule has 0 bridgehead atoms. The first-order valence-electron chi connectivity index (χ1n) is 4.90. The Morgan fingerprint density at radius 3 is 3.21 bits per heavy atom. The van der Waals surface area contributed by atoms with Gasteiger partial charge in [0, 0.05) is 11.7 Å². The van der Waals surface area contributed by atoms with E-state index in [0.29, 0.717) is 23.2 Å². The maximum absolute atomic E-state index is 10.4. The molecule has 14 heavy (non-hydrogen) atoms. The Morgan fingerprint density at radius 1 is 1.64 bits per heavy atom. The van der Waals surface area contributed by atoms with Gasteiger partial charge in [0.25, 0.3) is 0 Å². The van der Waals surface area contributed by atoms with Crippen molar-refractivity contribution < 1.29 is 9.21 Å². The maximum atomic E-state index is 10.4. The van der Waals surface area contributed by atoms with Crippen LogP contribution in [0.15, 0.2) is 10.6 Å². The van der Waals surface area contributed by atoms with Crippen LogP contribution in [0.1, 0.15) is 35.7 Å². The van der Waals surface area contributed by atoms with Crippen molar-refractivity contribution in [3.8, 4) is 0 Å². The normalized spacial score (nSPS) is 22.1. The maximum Gasteiger partial charge on any atom is 0.196 e. The Balaban J connectivity index is 1.92. The third-order valence-electron chi connectivity index (χ3n) is 2.36. The van der Waals surface area contributed by atoms with Crippen LogP contribution >= 0.6 is 11.8 Å². The summed E-state index contributed by atoms with van der Waals surface area (Å²) in [5.41, 5.74) is 0. The van der Waals surface area contributed by atoms with Gasteiger partial charge in [-0.25, -0.2) is 4.98 Å². The van der Waals surface area contributed by atoms with Crippen LogP contribution in [0.5, 0.6) is 0 Å². The van der Waals surface area contributed by atoms with Crippen molar-refractivity contribution in [3.05, 3.63) is 17.8 Å². The molecule has 0 saturated carbocycles. The molecule has 0 amide bonds. The summed E-state index contributed by atoms with van der Waals surface area (Å²) >= 11 is 1.99. The Kier molecular flexibility index (Phi) is 3.24. The fraction of sp³-hybridized carbons (Fsp3) is 0.600. The molecule has 1 aliphatic rings. The average Bonchev–Trinajstić information content (AvgIpc) is 2.67. The van der Waals surface area contributed by atoms with Crippen molar-refractivity contribution in [2.45, 2.75) is 30.9 Å². The summed E-state index contributed by atoms with van der Waals surface area (Å²) in [6.07, 6.45) is 6.92. The molecule has 1 unspecified atom stereocenters. The van der Waals surface area contributed by atoms with Crippen molar-refractivity contribution in [1.29, 1.82) is 0 Å². The number of carbonyl (C=O) groups is 1. The number of rotatable bonds is 3. The fourth-order valence-corrected chi connectivity index (χ4v) is 2.93. The Morgan fingerprint density at radius 2 is 2.57 bits per heavy atom. The van der Waals surface area contributed by atoms with Gasteiger partial charge in [0.2, 0.25) is 0 Å². The second-order valence-corrected chi connectivity index (χ2v) is 4.88. The summed E-state index contributed by atoms with van der Waals surface area (Å²) in [5, 5.41) is 0.627. The lowest BCUT2D eigenvalue weighted by molar-refractivity contribution is 0.109. The lowest BCUT2D eigenvalue weighted by Gasteiger charge is -2.19. The molecule has 76 valence electrons. The first kappa shape index (κ1) is 9.77. The number of aldehydes is 1. The van der Waals surface area contributed by atoms with E-state index < -0.39 is 0 Å². The minimum absolute atomic E-state index is 0.334. The summed E-state index contributed by atoms with van der Waals surface area (Å²) in [4.78, 5) is 14.4. The molecule has 4 heteroatoms. The van der Waals surface area contributed by atoms with Gasteiger partial charge in [0.15, 0.2) is 17.9 Å². The summed E-state index contributed by atoms with van der Waals surface area (Å²) < 4.78 is 5.24. The van der Waals surface area contributed by atoms with E-state index in [1.54, 1.807) is 0 Å². The molecule has 0 aromatic carbocycles. The van der Waals surface area contributed by atoms with Crippen LogP contribution < -0.4 is 0 Å². The molecule has 2 rings (SSSR count). The highest BCUT2D eigenvalue weighted by Crippen LogP contribution is 2.27. The highest BCUT2D eigenvalue weighted by atomic mass is 32.2. The summed E-state index contributed by atoms with van der Waals surface area (Å²) in [7, 11) is 0. The third kappa shape index (κ3) is 2.38. The number of hydrogen-bond donors (Lipinski definition) is 0. The first-order valence-corrected chi connectivity index (χ1v) is 5.95. The molecule has 1 aliphatic heterocycles. The molecular weight excluding hydrogens is 198 g/mol. The molecule has 3 nitrogen and oxygen atoms in total. The zero-order valence-corrected chi connectivity index (χ0v) is 8.76. The smallest absolute Gasteiger partial charge is 0.196 e. The molecule has 0 radical (unpaired) electrons. The SMILES string of the molecule is O=Cc1cnc(CC2CCCCS2)o1. The topological polar surface area (TPSA) is 43.1 Å². The van der Waals surface area contributed by atoms with Gasteiger partial charge in [-0.15, -0.1) is 0 Å². The highest BCUT2D eigenvalue weighted by Gasteiger charge is 2.16. The van der Waals surface area contributed by atoms with Gasteiger partial charge in [-0.05, 0) is 18.6 Å². The molecule has 0 spiro atoms. The van der Waals surface area contributed by atoms with Gasteiger partial charge in [-0.3, -0.25) is 4.79 Å². The second-order valence-electron chi connectivity index (χ2n) is 3.47. The van der Waals surface area contributed by atoms with Gasteiger partial charge in [-0.2, -0.15) is 11.8 Å². The average molecular weight is 211 g/mol. The van der Waals surface area contributed by atoms with E-state index >= 15 is 0 Å². The van der Waals surface area contributed by atoms with Crippen molar-refractivity contribution in [2.24, 2.45) is 0 Å². The molecule has 1 fully saturated rings. The van der Waals surface area contributed by atoms with Crippen LogP contribution in [0.4, 0.5) is 0 Å². The second kappa shape index (κ2) is 4.64. The van der Waals surface area contributed by atoms with Crippen LogP contribution in [0, 0.1) is 0 Å². The van der Waals surface area contributed by atoms with Crippen LogP contribution in [0.2, 0.25) is 0 Å². The molecule has 1 saturated heterocycles. The number of thioether (sulfide) groups is 1. The minimum Gasteiger partial charge on any atom is -0.438 e. The standard InChI is InChI=1S/C10H13NO2S/c12-7-8-6-11-10(13-8)5-9-3-1-2-4-14-9/h6-7,9H,1-5H2. The molecule has 1 aromatic rings.